The lowest BCUT2D eigenvalue weighted by atomic mass is 9.91. The topological polar surface area (TPSA) is 42.4 Å². The quantitative estimate of drug-likeness (QED) is 0.714. The van der Waals surface area contributed by atoms with E-state index in [1.807, 2.05) is 24.2 Å². The Morgan fingerprint density at radius 2 is 2.00 bits per heavy atom. The summed E-state index contributed by atoms with van der Waals surface area (Å²) in [6.07, 6.45) is 11.7. The van der Waals surface area contributed by atoms with Crippen molar-refractivity contribution in [1.82, 2.24) is 9.88 Å². The average molecular weight is 304 g/mol. The number of aryl methyl sites for hydroxylation is 1. The number of pyridine rings is 1. The zero-order valence-corrected chi connectivity index (χ0v) is 13.7. The summed E-state index contributed by atoms with van der Waals surface area (Å²) in [5.74, 6) is 0.771. The zero-order valence-electron chi connectivity index (χ0n) is 13.7. The van der Waals surface area contributed by atoms with Crippen molar-refractivity contribution in [2.45, 2.75) is 51.9 Å². The largest absolute Gasteiger partial charge is 0.449 e. The van der Waals surface area contributed by atoms with Crippen LogP contribution in [-0.4, -0.2) is 35.7 Å². The van der Waals surface area contributed by atoms with Crippen molar-refractivity contribution < 1.29 is 9.53 Å². The number of hydrogen-bond donors (Lipinski definition) is 0. The van der Waals surface area contributed by atoms with Gasteiger partial charge in [-0.25, -0.2) is 4.79 Å². The van der Waals surface area contributed by atoms with Gasteiger partial charge in [-0.3, -0.25) is 4.98 Å². The van der Waals surface area contributed by atoms with Crippen LogP contribution >= 0.6 is 0 Å². The number of unbranched alkanes of at least 4 members (excludes halogenated alkanes) is 1. The summed E-state index contributed by atoms with van der Waals surface area (Å²) in [7, 11) is 0. The smallest absolute Gasteiger partial charge is 0.409 e. The Kier molecular flexibility index (Phi) is 7.20. The molecule has 0 atom stereocenters. The van der Waals surface area contributed by atoms with E-state index in [9.17, 15) is 4.79 Å². The molecule has 2 heterocycles. The molecule has 1 aliphatic rings. The first-order chi connectivity index (χ1) is 10.8. The van der Waals surface area contributed by atoms with E-state index in [1.165, 1.54) is 24.8 Å². The number of amides is 1. The molecule has 0 radical (unpaired) electrons. The van der Waals surface area contributed by atoms with Crippen LogP contribution < -0.4 is 0 Å². The van der Waals surface area contributed by atoms with Crippen molar-refractivity contribution in [2.24, 2.45) is 5.92 Å². The number of ether oxygens (including phenoxy) is 1. The molecular formula is C18H28N2O2. The minimum absolute atomic E-state index is 0.127. The second-order valence-electron chi connectivity index (χ2n) is 6.15. The molecule has 1 aromatic rings. The van der Waals surface area contributed by atoms with E-state index >= 15 is 0 Å². The maximum absolute atomic E-state index is 11.8. The lowest BCUT2D eigenvalue weighted by Gasteiger charge is -2.31. The van der Waals surface area contributed by atoms with Crippen molar-refractivity contribution in [3.63, 3.8) is 0 Å². The van der Waals surface area contributed by atoms with Gasteiger partial charge in [0.2, 0.25) is 0 Å². The van der Waals surface area contributed by atoms with Gasteiger partial charge in [-0.2, -0.15) is 0 Å². The van der Waals surface area contributed by atoms with Crippen LogP contribution in [0.1, 0.15) is 51.0 Å². The SMILES string of the molecule is CCCOC(=O)N1CCC(CCCCc2ccncc2)CC1. The van der Waals surface area contributed by atoms with E-state index in [2.05, 4.69) is 17.1 Å². The fourth-order valence-electron chi connectivity index (χ4n) is 3.00. The standard InChI is InChI=1S/C18H28N2O2/c1-2-15-22-18(21)20-13-9-17(10-14-20)6-4-3-5-16-7-11-19-12-8-16/h7-8,11-12,17H,2-6,9-10,13-15H2,1H3. The minimum atomic E-state index is -0.127. The van der Waals surface area contributed by atoms with Gasteiger partial charge in [-0.15, -0.1) is 0 Å². The molecule has 1 amide bonds. The van der Waals surface area contributed by atoms with Gasteiger partial charge in [-0.1, -0.05) is 19.8 Å². The Labute approximate surface area is 133 Å². The molecule has 122 valence electrons. The fourth-order valence-corrected chi connectivity index (χ4v) is 3.00. The molecule has 1 saturated heterocycles. The van der Waals surface area contributed by atoms with Gasteiger partial charge in [0.15, 0.2) is 0 Å². The molecule has 0 aliphatic carbocycles. The number of hydrogen-bond acceptors (Lipinski definition) is 3. The highest BCUT2D eigenvalue weighted by molar-refractivity contribution is 5.67. The van der Waals surface area contributed by atoms with Crippen LogP contribution in [0.25, 0.3) is 0 Å². The van der Waals surface area contributed by atoms with E-state index in [-0.39, 0.29) is 6.09 Å². The Hall–Kier alpha value is -1.58. The van der Waals surface area contributed by atoms with Crippen molar-refractivity contribution in [1.29, 1.82) is 0 Å². The number of rotatable bonds is 7. The molecule has 4 nitrogen and oxygen atoms in total. The van der Waals surface area contributed by atoms with Crippen molar-refractivity contribution in [3.8, 4) is 0 Å². The first-order valence-electron chi connectivity index (χ1n) is 8.60. The first-order valence-corrected chi connectivity index (χ1v) is 8.60. The maximum Gasteiger partial charge on any atom is 0.409 e. The van der Waals surface area contributed by atoms with Crippen LogP contribution in [0.3, 0.4) is 0 Å². The summed E-state index contributed by atoms with van der Waals surface area (Å²) >= 11 is 0. The molecule has 0 N–H and O–H groups in total. The summed E-state index contributed by atoms with van der Waals surface area (Å²) in [5, 5.41) is 0. The summed E-state index contributed by atoms with van der Waals surface area (Å²) < 4.78 is 5.20. The van der Waals surface area contributed by atoms with Crippen molar-refractivity contribution in [3.05, 3.63) is 30.1 Å². The van der Waals surface area contributed by atoms with E-state index in [1.54, 1.807) is 0 Å². The Morgan fingerprint density at radius 3 is 2.68 bits per heavy atom. The third kappa shape index (κ3) is 5.66. The molecule has 1 aliphatic heterocycles. The van der Waals surface area contributed by atoms with Crippen molar-refractivity contribution >= 4 is 6.09 Å². The number of likely N-dealkylation sites (tertiary alicyclic amines) is 1. The highest BCUT2D eigenvalue weighted by atomic mass is 16.6. The van der Waals surface area contributed by atoms with Crippen LogP contribution in [0.2, 0.25) is 0 Å². The number of aromatic nitrogens is 1. The van der Waals surface area contributed by atoms with E-state index in [0.29, 0.717) is 6.61 Å². The zero-order chi connectivity index (χ0) is 15.6. The second kappa shape index (κ2) is 9.44. The van der Waals surface area contributed by atoms with Crippen LogP contribution in [0.4, 0.5) is 4.79 Å². The van der Waals surface area contributed by atoms with Gasteiger partial charge in [0.05, 0.1) is 6.61 Å². The summed E-state index contributed by atoms with van der Waals surface area (Å²) in [6.45, 7) is 4.27. The molecule has 0 bridgehead atoms. The summed E-state index contributed by atoms with van der Waals surface area (Å²) in [5.41, 5.74) is 1.38. The predicted octanol–water partition coefficient (Wildman–Crippen LogP) is 4.05. The monoisotopic (exact) mass is 304 g/mol. The third-order valence-electron chi connectivity index (χ3n) is 4.38. The molecule has 22 heavy (non-hydrogen) atoms. The summed E-state index contributed by atoms with van der Waals surface area (Å²) in [6, 6.07) is 4.20. The highest BCUT2D eigenvalue weighted by Crippen LogP contribution is 2.23. The molecule has 0 saturated carbocycles. The molecule has 0 aromatic carbocycles. The van der Waals surface area contributed by atoms with Gasteiger partial charge in [0.1, 0.15) is 0 Å². The third-order valence-corrected chi connectivity index (χ3v) is 4.38. The average Bonchev–Trinajstić information content (AvgIpc) is 2.58. The Morgan fingerprint density at radius 1 is 1.27 bits per heavy atom. The number of carbonyl (C=O) groups is 1. The van der Waals surface area contributed by atoms with Crippen molar-refractivity contribution in [2.75, 3.05) is 19.7 Å². The van der Waals surface area contributed by atoms with Crippen LogP contribution in [-0.2, 0) is 11.2 Å². The lowest BCUT2D eigenvalue weighted by molar-refractivity contribution is 0.0867. The van der Waals surface area contributed by atoms with Crippen LogP contribution in [0.15, 0.2) is 24.5 Å². The minimum Gasteiger partial charge on any atom is -0.449 e. The molecule has 0 unspecified atom stereocenters. The van der Waals surface area contributed by atoms with Gasteiger partial charge >= 0.3 is 6.09 Å². The first kappa shape index (κ1) is 16.8. The highest BCUT2D eigenvalue weighted by Gasteiger charge is 2.23. The maximum atomic E-state index is 11.8. The second-order valence-corrected chi connectivity index (χ2v) is 6.15. The Balaban J connectivity index is 1.56. The fraction of sp³-hybridized carbons (Fsp3) is 0.667. The molecule has 1 fully saturated rings. The Bertz CT molecular complexity index is 428. The van der Waals surface area contributed by atoms with E-state index in [0.717, 1.165) is 44.7 Å². The van der Waals surface area contributed by atoms with Gasteiger partial charge < -0.3 is 9.64 Å². The molecule has 4 heteroatoms. The normalized spacial score (nSPS) is 15.8. The molecule has 1 aromatic heterocycles. The number of piperidine rings is 1. The number of nitrogens with zero attached hydrogens (tertiary/aromatic N) is 2. The van der Waals surface area contributed by atoms with Gasteiger partial charge in [0, 0.05) is 25.5 Å². The van der Waals surface area contributed by atoms with Gasteiger partial charge in [0.25, 0.3) is 0 Å². The van der Waals surface area contributed by atoms with E-state index in [4.69, 9.17) is 4.74 Å². The van der Waals surface area contributed by atoms with Gasteiger partial charge in [-0.05, 0) is 55.7 Å². The molecule has 0 spiro atoms. The predicted molar refractivity (Wildman–Crippen MR) is 87.7 cm³/mol. The molecule has 2 rings (SSSR count). The lowest BCUT2D eigenvalue weighted by Crippen LogP contribution is -2.38. The summed E-state index contributed by atoms with van der Waals surface area (Å²) in [4.78, 5) is 17.7. The van der Waals surface area contributed by atoms with Crippen LogP contribution in [0, 0.1) is 5.92 Å². The number of carbonyl (C=O) groups excluding carboxylic acids is 1. The van der Waals surface area contributed by atoms with E-state index < -0.39 is 0 Å². The molecular weight excluding hydrogens is 276 g/mol. The van der Waals surface area contributed by atoms with Crippen LogP contribution in [0.5, 0.6) is 0 Å².